The monoisotopic (exact) mass is 299 g/mol. The molecule has 0 atom stereocenters. The summed E-state index contributed by atoms with van der Waals surface area (Å²) in [4.78, 5) is 14.0. The molecule has 8 heteroatoms. The van der Waals surface area contributed by atoms with Crippen LogP contribution >= 0.6 is 0 Å². The number of carbonyl (C=O) groups excluding carboxylic acids is 1. The average Bonchev–Trinajstić information content (AvgIpc) is 3.21. The molecule has 3 aromatic heterocycles. The van der Waals surface area contributed by atoms with Crippen molar-refractivity contribution in [2.45, 2.75) is 13.2 Å². The smallest absolute Gasteiger partial charge is 0.274 e. The highest BCUT2D eigenvalue weighted by atomic mass is 16.2. The van der Waals surface area contributed by atoms with Gasteiger partial charge in [0.25, 0.3) is 5.91 Å². The van der Waals surface area contributed by atoms with E-state index in [0.29, 0.717) is 18.9 Å². The summed E-state index contributed by atoms with van der Waals surface area (Å²) < 4.78 is 5.13. The van der Waals surface area contributed by atoms with Gasteiger partial charge in [0.05, 0.1) is 6.20 Å². The molecule has 0 aliphatic rings. The van der Waals surface area contributed by atoms with Crippen molar-refractivity contribution in [3.05, 3.63) is 54.4 Å². The van der Waals surface area contributed by atoms with E-state index in [-0.39, 0.29) is 5.91 Å². The zero-order valence-electron chi connectivity index (χ0n) is 12.5. The molecule has 22 heavy (non-hydrogen) atoms. The van der Waals surface area contributed by atoms with Crippen LogP contribution in [0.1, 0.15) is 16.1 Å². The molecule has 0 radical (unpaired) electrons. The van der Waals surface area contributed by atoms with Crippen molar-refractivity contribution in [1.82, 2.24) is 34.2 Å². The summed E-state index contributed by atoms with van der Waals surface area (Å²) in [7, 11) is 3.60. The summed E-state index contributed by atoms with van der Waals surface area (Å²) in [6.07, 6.45) is 8.96. The van der Waals surface area contributed by atoms with E-state index < -0.39 is 0 Å². The predicted molar refractivity (Wildman–Crippen MR) is 78.9 cm³/mol. The Bertz CT molecular complexity index is 756. The van der Waals surface area contributed by atoms with Crippen LogP contribution in [0.2, 0.25) is 0 Å². The second-order valence-corrected chi connectivity index (χ2v) is 5.11. The van der Waals surface area contributed by atoms with Gasteiger partial charge in [-0.15, -0.1) is 0 Å². The molecule has 0 aliphatic carbocycles. The number of amides is 1. The lowest BCUT2D eigenvalue weighted by Crippen LogP contribution is -2.26. The third-order valence-electron chi connectivity index (χ3n) is 3.23. The van der Waals surface area contributed by atoms with E-state index in [0.717, 1.165) is 5.56 Å². The van der Waals surface area contributed by atoms with Crippen LogP contribution in [-0.4, -0.2) is 47.2 Å². The summed E-state index contributed by atoms with van der Waals surface area (Å²) in [5.41, 5.74) is 1.40. The molecule has 0 N–H and O–H groups in total. The third-order valence-corrected chi connectivity index (χ3v) is 3.23. The van der Waals surface area contributed by atoms with Gasteiger partial charge in [-0.25, -0.2) is 0 Å². The second-order valence-electron chi connectivity index (χ2n) is 5.11. The van der Waals surface area contributed by atoms with Gasteiger partial charge in [-0.3, -0.25) is 18.8 Å². The molecule has 3 rings (SSSR count). The average molecular weight is 299 g/mol. The van der Waals surface area contributed by atoms with Crippen LogP contribution in [-0.2, 0) is 20.3 Å². The molecule has 8 nitrogen and oxygen atoms in total. The highest BCUT2D eigenvalue weighted by molar-refractivity contribution is 5.91. The Kier molecular flexibility index (Phi) is 3.73. The minimum Gasteiger partial charge on any atom is -0.336 e. The Labute approximate surface area is 127 Å². The lowest BCUT2D eigenvalue weighted by molar-refractivity contribution is 0.0778. The summed E-state index contributed by atoms with van der Waals surface area (Å²) in [5.74, 6) is -0.122. The summed E-state index contributed by atoms with van der Waals surface area (Å²) in [6.45, 7) is 0.977. The van der Waals surface area contributed by atoms with Crippen LogP contribution in [0.15, 0.2) is 43.1 Å². The van der Waals surface area contributed by atoms with Gasteiger partial charge < -0.3 is 4.90 Å². The Morgan fingerprint density at radius 1 is 1.27 bits per heavy atom. The van der Waals surface area contributed by atoms with Gasteiger partial charge in [0.1, 0.15) is 12.4 Å². The van der Waals surface area contributed by atoms with Gasteiger partial charge >= 0.3 is 0 Å². The van der Waals surface area contributed by atoms with Gasteiger partial charge in [0.2, 0.25) is 0 Å². The zero-order chi connectivity index (χ0) is 15.5. The number of rotatable bonds is 5. The number of nitrogens with zero attached hydrogens (tertiary/aromatic N) is 7. The van der Waals surface area contributed by atoms with Crippen LogP contribution < -0.4 is 0 Å². The maximum Gasteiger partial charge on any atom is 0.274 e. The van der Waals surface area contributed by atoms with Crippen molar-refractivity contribution < 1.29 is 4.79 Å². The first-order valence-corrected chi connectivity index (χ1v) is 6.86. The fourth-order valence-electron chi connectivity index (χ4n) is 2.18. The first-order valence-electron chi connectivity index (χ1n) is 6.86. The molecular weight excluding hydrogens is 282 g/mol. The SMILES string of the molecule is CN(Cc1cnn(C)c1)C(=O)c1ccn(Cn2cccn2)n1. The van der Waals surface area contributed by atoms with E-state index >= 15 is 0 Å². The maximum absolute atomic E-state index is 12.4. The van der Waals surface area contributed by atoms with E-state index in [1.807, 2.05) is 25.5 Å². The summed E-state index contributed by atoms with van der Waals surface area (Å²) in [6, 6.07) is 3.56. The van der Waals surface area contributed by atoms with Crippen LogP contribution in [0.4, 0.5) is 0 Å². The number of aryl methyl sites for hydroxylation is 1. The maximum atomic E-state index is 12.4. The van der Waals surface area contributed by atoms with Crippen molar-refractivity contribution in [2.75, 3.05) is 7.05 Å². The molecule has 3 heterocycles. The number of hydrogen-bond donors (Lipinski definition) is 0. The number of hydrogen-bond acceptors (Lipinski definition) is 4. The highest BCUT2D eigenvalue weighted by Gasteiger charge is 2.15. The van der Waals surface area contributed by atoms with Crippen molar-refractivity contribution in [3.63, 3.8) is 0 Å². The molecule has 1 amide bonds. The lowest BCUT2D eigenvalue weighted by atomic mass is 10.3. The molecule has 0 aromatic carbocycles. The molecule has 0 saturated carbocycles. The standard InChI is InChI=1S/C14H17N7O/c1-18(9-12-8-16-19(2)10-12)14(22)13-4-7-21(17-13)11-20-6-3-5-15-20/h3-8,10H,9,11H2,1-2H3. The van der Waals surface area contributed by atoms with Crippen LogP contribution in [0.25, 0.3) is 0 Å². The van der Waals surface area contributed by atoms with E-state index in [1.165, 1.54) is 0 Å². The highest BCUT2D eigenvalue weighted by Crippen LogP contribution is 2.06. The first kappa shape index (κ1) is 14.1. The Morgan fingerprint density at radius 3 is 2.82 bits per heavy atom. The summed E-state index contributed by atoms with van der Waals surface area (Å²) in [5, 5.41) is 12.5. The van der Waals surface area contributed by atoms with Crippen molar-refractivity contribution >= 4 is 5.91 Å². The van der Waals surface area contributed by atoms with E-state index in [2.05, 4.69) is 15.3 Å². The lowest BCUT2D eigenvalue weighted by Gasteiger charge is -2.14. The molecule has 114 valence electrons. The fraction of sp³-hybridized carbons (Fsp3) is 0.286. The Balaban J connectivity index is 1.65. The normalized spacial score (nSPS) is 10.8. The largest absolute Gasteiger partial charge is 0.336 e. The predicted octanol–water partition coefficient (Wildman–Crippen LogP) is 0.591. The first-order chi connectivity index (χ1) is 10.6. The molecule has 0 spiro atoms. The van der Waals surface area contributed by atoms with E-state index in [4.69, 9.17) is 0 Å². The molecule has 0 saturated heterocycles. The molecule has 0 aliphatic heterocycles. The van der Waals surface area contributed by atoms with E-state index in [9.17, 15) is 4.79 Å². The van der Waals surface area contributed by atoms with Crippen molar-refractivity contribution in [2.24, 2.45) is 7.05 Å². The van der Waals surface area contributed by atoms with Crippen LogP contribution in [0.5, 0.6) is 0 Å². The molecule has 0 fully saturated rings. The summed E-state index contributed by atoms with van der Waals surface area (Å²) >= 11 is 0. The van der Waals surface area contributed by atoms with Gasteiger partial charge in [-0.1, -0.05) is 0 Å². The minimum atomic E-state index is -0.122. The van der Waals surface area contributed by atoms with Gasteiger partial charge in [-0.05, 0) is 12.1 Å². The Morgan fingerprint density at radius 2 is 2.14 bits per heavy atom. The van der Waals surface area contributed by atoms with Crippen LogP contribution in [0.3, 0.4) is 0 Å². The number of carbonyl (C=O) groups is 1. The Hall–Kier alpha value is -2.90. The van der Waals surface area contributed by atoms with Gasteiger partial charge in [0, 0.05) is 51.0 Å². The van der Waals surface area contributed by atoms with Crippen molar-refractivity contribution in [1.29, 1.82) is 0 Å². The van der Waals surface area contributed by atoms with Crippen molar-refractivity contribution in [3.8, 4) is 0 Å². The fourth-order valence-corrected chi connectivity index (χ4v) is 2.18. The molecule has 3 aromatic rings. The molecular formula is C14H17N7O. The zero-order valence-corrected chi connectivity index (χ0v) is 12.5. The minimum absolute atomic E-state index is 0.122. The topological polar surface area (TPSA) is 73.8 Å². The van der Waals surface area contributed by atoms with Crippen LogP contribution in [0, 0.1) is 0 Å². The third kappa shape index (κ3) is 3.05. The van der Waals surface area contributed by atoms with E-state index in [1.54, 1.807) is 50.6 Å². The second kappa shape index (κ2) is 5.84. The number of aromatic nitrogens is 6. The van der Waals surface area contributed by atoms with Gasteiger partial charge in [-0.2, -0.15) is 15.3 Å². The van der Waals surface area contributed by atoms with Gasteiger partial charge in [0.15, 0.2) is 0 Å². The molecule has 0 unspecified atom stereocenters. The quantitative estimate of drug-likeness (QED) is 0.691. The molecule has 0 bridgehead atoms.